The SMILES string of the molecule is CCS(=O)(=O)c1ccc2c(c1)N(CCC(=O)O)C(=O)CO2. The van der Waals surface area contributed by atoms with Crippen molar-refractivity contribution in [2.24, 2.45) is 0 Å². The second kappa shape index (κ2) is 5.72. The number of carbonyl (C=O) groups excluding carboxylic acids is 1. The summed E-state index contributed by atoms with van der Waals surface area (Å²) in [5.41, 5.74) is 0.294. The van der Waals surface area contributed by atoms with E-state index in [9.17, 15) is 18.0 Å². The van der Waals surface area contributed by atoms with Gasteiger partial charge in [0.1, 0.15) is 5.75 Å². The second-order valence-corrected chi connectivity index (χ2v) is 6.79. The zero-order chi connectivity index (χ0) is 15.6. The Kier molecular flexibility index (Phi) is 4.17. The maximum atomic E-state index is 11.9. The minimum Gasteiger partial charge on any atom is -0.482 e. The summed E-state index contributed by atoms with van der Waals surface area (Å²) in [6.07, 6.45) is -0.226. The Morgan fingerprint density at radius 2 is 2.14 bits per heavy atom. The van der Waals surface area contributed by atoms with Crippen LogP contribution in [0, 0.1) is 0 Å². The van der Waals surface area contributed by atoms with Gasteiger partial charge >= 0.3 is 5.97 Å². The van der Waals surface area contributed by atoms with E-state index in [1.165, 1.54) is 30.0 Å². The quantitative estimate of drug-likeness (QED) is 0.858. The first-order valence-corrected chi connectivity index (χ1v) is 8.02. The number of nitrogens with zero attached hydrogens (tertiary/aromatic N) is 1. The number of hydrogen-bond donors (Lipinski definition) is 1. The van der Waals surface area contributed by atoms with Crippen molar-refractivity contribution >= 4 is 27.4 Å². The summed E-state index contributed by atoms with van der Waals surface area (Å²) >= 11 is 0. The third-order valence-corrected chi connectivity index (χ3v) is 4.89. The van der Waals surface area contributed by atoms with E-state index >= 15 is 0 Å². The van der Waals surface area contributed by atoms with Crippen molar-refractivity contribution in [1.82, 2.24) is 0 Å². The van der Waals surface area contributed by atoms with E-state index in [1.807, 2.05) is 0 Å². The molecule has 0 fully saturated rings. The summed E-state index contributed by atoms with van der Waals surface area (Å²) in [6.45, 7) is 1.31. The van der Waals surface area contributed by atoms with Crippen molar-refractivity contribution in [2.45, 2.75) is 18.2 Å². The number of aliphatic carboxylic acids is 1. The standard InChI is InChI=1S/C13H15NO6S/c1-2-21(18,19)9-3-4-11-10(7-9)14(6-5-13(16)17)12(15)8-20-11/h3-4,7H,2,5-6,8H2,1H3,(H,16,17). The van der Waals surface area contributed by atoms with Crippen molar-refractivity contribution in [3.8, 4) is 5.75 Å². The van der Waals surface area contributed by atoms with Crippen molar-refractivity contribution < 1.29 is 27.9 Å². The monoisotopic (exact) mass is 313 g/mol. The van der Waals surface area contributed by atoms with Crippen LogP contribution in [0.2, 0.25) is 0 Å². The molecule has 0 spiro atoms. The molecule has 0 aromatic heterocycles. The molecular formula is C13H15NO6S. The predicted octanol–water partition coefficient (Wildman–Crippen LogP) is 0.680. The minimum absolute atomic E-state index is 0.0276. The Labute approximate surface area is 122 Å². The summed E-state index contributed by atoms with van der Waals surface area (Å²) in [4.78, 5) is 23.9. The van der Waals surface area contributed by atoms with Crippen LogP contribution in [0.3, 0.4) is 0 Å². The van der Waals surface area contributed by atoms with Crippen LogP contribution in [0.1, 0.15) is 13.3 Å². The van der Waals surface area contributed by atoms with Gasteiger partial charge in [0.2, 0.25) is 0 Å². The largest absolute Gasteiger partial charge is 0.482 e. The highest BCUT2D eigenvalue weighted by atomic mass is 32.2. The number of sulfone groups is 1. The highest BCUT2D eigenvalue weighted by Gasteiger charge is 2.27. The van der Waals surface area contributed by atoms with Crippen molar-refractivity contribution in [3.05, 3.63) is 18.2 Å². The molecule has 0 atom stereocenters. The molecule has 1 aliphatic heterocycles. The van der Waals surface area contributed by atoms with Crippen LogP contribution in [-0.2, 0) is 19.4 Å². The topological polar surface area (TPSA) is 101 Å². The molecule has 1 aromatic rings. The van der Waals surface area contributed by atoms with Crippen LogP contribution in [0.5, 0.6) is 5.75 Å². The molecule has 2 rings (SSSR count). The van der Waals surface area contributed by atoms with Crippen molar-refractivity contribution in [1.29, 1.82) is 0 Å². The summed E-state index contributed by atoms with van der Waals surface area (Å²) in [5.74, 6) is -1.12. The van der Waals surface area contributed by atoms with E-state index in [4.69, 9.17) is 9.84 Å². The summed E-state index contributed by atoms with van der Waals surface area (Å²) < 4.78 is 29.0. The highest BCUT2D eigenvalue weighted by Crippen LogP contribution is 2.34. The van der Waals surface area contributed by atoms with Crippen LogP contribution in [0.15, 0.2) is 23.1 Å². The Hall–Kier alpha value is -2.09. The lowest BCUT2D eigenvalue weighted by Crippen LogP contribution is -2.40. The number of hydrogen-bond acceptors (Lipinski definition) is 5. The zero-order valence-corrected chi connectivity index (χ0v) is 12.2. The van der Waals surface area contributed by atoms with Gasteiger partial charge in [-0.3, -0.25) is 9.59 Å². The van der Waals surface area contributed by atoms with Gasteiger partial charge in [0.05, 0.1) is 22.8 Å². The lowest BCUT2D eigenvalue weighted by Gasteiger charge is -2.29. The van der Waals surface area contributed by atoms with Gasteiger partial charge < -0.3 is 14.7 Å². The number of ether oxygens (including phenoxy) is 1. The van der Waals surface area contributed by atoms with Crippen LogP contribution < -0.4 is 9.64 Å². The first-order valence-electron chi connectivity index (χ1n) is 6.37. The fourth-order valence-corrected chi connectivity index (χ4v) is 2.89. The third-order valence-electron chi connectivity index (χ3n) is 3.16. The van der Waals surface area contributed by atoms with E-state index in [1.54, 1.807) is 0 Å². The van der Waals surface area contributed by atoms with E-state index in [0.29, 0.717) is 11.4 Å². The average molecular weight is 313 g/mol. The number of benzene rings is 1. The molecule has 0 unspecified atom stereocenters. The number of fused-ring (bicyclic) bond motifs is 1. The van der Waals surface area contributed by atoms with Crippen LogP contribution >= 0.6 is 0 Å². The van der Waals surface area contributed by atoms with Crippen molar-refractivity contribution in [3.63, 3.8) is 0 Å². The molecule has 1 heterocycles. The predicted molar refractivity (Wildman–Crippen MR) is 74.3 cm³/mol. The number of carboxylic acid groups (broad SMARTS) is 1. The molecule has 8 heteroatoms. The number of anilines is 1. The van der Waals surface area contributed by atoms with Gasteiger partial charge in [-0.2, -0.15) is 0 Å². The number of rotatable bonds is 5. The molecule has 21 heavy (non-hydrogen) atoms. The van der Waals surface area contributed by atoms with Gasteiger partial charge in [-0.15, -0.1) is 0 Å². The first-order chi connectivity index (χ1) is 9.85. The summed E-state index contributed by atoms with van der Waals surface area (Å²) in [5, 5.41) is 8.74. The van der Waals surface area contributed by atoms with Gasteiger partial charge in [0, 0.05) is 6.54 Å². The summed E-state index contributed by atoms with van der Waals surface area (Å²) in [7, 11) is -3.41. The lowest BCUT2D eigenvalue weighted by molar-refractivity contribution is -0.136. The maximum Gasteiger partial charge on any atom is 0.305 e. The molecule has 1 N–H and O–H groups in total. The van der Waals surface area contributed by atoms with Crippen LogP contribution in [-0.4, -0.2) is 44.3 Å². The Balaban J connectivity index is 2.42. The number of amides is 1. The van der Waals surface area contributed by atoms with Crippen LogP contribution in [0.4, 0.5) is 5.69 Å². The van der Waals surface area contributed by atoms with Gasteiger partial charge in [-0.1, -0.05) is 6.92 Å². The molecule has 0 radical (unpaired) electrons. The van der Waals surface area contributed by atoms with E-state index in [2.05, 4.69) is 0 Å². The second-order valence-electron chi connectivity index (χ2n) is 4.51. The fourth-order valence-electron chi connectivity index (χ4n) is 1.99. The number of carbonyl (C=O) groups is 2. The molecule has 7 nitrogen and oxygen atoms in total. The fraction of sp³-hybridized carbons (Fsp3) is 0.385. The van der Waals surface area contributed by atoms with Crippen LogP contribution in [0.25, 0.3) is 0 Å². The van der Waals surface area contributed by atoms with Crippen molar-refractivity contribution in [2.75, 3.05) is 23.8 Å². The summed E-state index contributed by atoms with van der Waals surface area (Å²) in [6, 6.07) is 4.26. The van der Waals surface area contributed by atoms with E-state index in [0.717, 1.165) is 0 Å². The van der Waals surface area contributed by atoms with E-state index < -0.39 is 21.7 Å². The molecule has 1 aliphatic rings. The molecular weight excluding hydrogens is 298 g/mol. The molecule has 0 aliphatic carbocycles. The molecule has 0 saturated carbocycles. The third kappa shape index (κ3) is 3.15. The first kappa shape index (κ1) is 15.3. The molecule has 1 amide bonds. The molecule has 0 saturated heterocycles. The molecule has 0 bridgehead atoms. The van der Waals surface area contributed by atoms with E-state index in [-0.39, 0.29) is 30.2 Å². The zero-order valence-electron chi connectivity index (χ0n) is 11.4. The Bertz CT molecular complexity index is 682. The lowest BCUT2D eigenvalue weighted by atomic mass is 10.2. The molecule has 114 valence electrons. The highest BCUT2D eigenvalue weighted by molar-refractivity contribution is 7.91. The Morgan fingerprint density at radius 3 is 2.76 bits per heavy atom. The average Bonchev–Trinajstić information content (AvgIpc) is 2.45. The smallest absolute Gasteiger partial charge is 0.305 e. The van der Waals surface area contributed by atoms with Gasteiger partial charge in [0.25, 0.3) is 5.91 Å². The Morgan fingerprint density at radius 1 is 1.43 bits per heavy atom. The normalized spacial score (nSPS) is 14.5. The molecule has 1 aromatic carbocycles. The van der Waals surface area contributed by atoms with Gasteiger partial charge in [-0.25, -0.2) is 8.42 Å². The minimum atomic E-state index is -3.41. The number of carboxylic acids is 1. The maximum absolute atomic E-state index is 11.9. The van der Waals surface area contributed by atoms with Gasteiger partial charge in [0.15, 0.2) is 16.4 Å². The van der Waals surface area contributed by atoms with Gasteiger partial charge in [-0.05, 0) is 18.2 Å².